The summed E-state index contributed by atoms with van der Waals surface area (Å²) in [5.41, 5.74) is 3.67. The van der Waals surface area contributed by atoms with E-state index in [4.69, 9.17) is 9.26 Å². The number of benzene rings is 2. The van der Waals surface area contributed by atoms with Crippen molar-refractivity contribution in [3.05, 3.63) is 65.4 Å². The molecular formula is C21H19N3O4. The minimum Gasteiger partial charge on any atom is -0.497 e. The Bertz CT molecular complexity index is 1040. The predicted molar refractivity (Wildman–Crippen MR) is 103 cm³/mol. The van der Waals surface area contributed by atoms with Crippen molar-refractivity contribution in [2.24, 2.45) is 0 Å². The van der Waals surface area contributed by atoms with Crippen molar-refractivity contribution in [2.75, 3.05) is 12.4 Å². The number of carbonyl (C=O) groups excluding carboxylic acids is 2. The fourth-order valence-electron chi connectivity index (χ4n) is 3.40. The van der Waals surface area contributed by atoms with Gasteiger partial charge >= 0.3 is 0 Å². The Hall–Kier alpha value is -3.61. The van der Waals surface area contributed by atoms with Crippen molar-refractivity contribution in [2.45, 2.75) is 19.4 Å². The van der Waals surface area contributed by atoms with Gasteiger partial charge in [-0.1, -0.05) is 35.5 Å². The van der Waals surface area contributed by atoms with Gasteiger partial charge in [0.05, 0.1) is 30.8 Å². The van der Waals surface area contributed by atoms with Crippen LogP contribution >= 0.6 is 0 Å². The van der Waals surface area contributed by atoms with Crippen LogP contribution < -0.4 is 15.4 Å². The minimum absolute atomic E-state index is 0.102. The van der Waals surface area contributed by atoms with Crippen LogP contribution in [0.3, 0.4) is 0 Å². The average molecular weight is 377 g/mol. The molecule has 1 aliphatic rings. The number of fused-ring (bicyclic) bond motifs is 1. The fraction of sp³-hybridized carbons (Fsp3) is 0.190. The highest BCUT2D eigenvalue weighted by molar-refractivity contribution is 6.01. The smallest absolute Gasteiger partial charge is 0.252 e. The van der Waals surface area contributed by atoms with Crippen LogP contribution in [0, 0.1) is 6.92 Å². The summed E-state index contributed by atoms with van der Waals surface area (Å²) in [6.45, 7) is 1.81. The van der Waals surface area contributed by atoms with E-state index in [1.807, 2.05) is 43.3 Å². The molecule has 2 aromatic carbocycles. The number of rotatable bonds is 5. The van der Waals surface area contributed by atoms with Crippen LogP contribution in [-0.4, -0.2) is 24.1 Å². The molecule has 0 bridgehead atoms. The summed E-state index contributed by atoms with van der Waals surface area (Å²) in [5, 5.41) is 9.60. The Balaban J connectivity index is 1.52. The van der Waals surface area contributed by atoms with Gasteiger partial charge in [0.15, 0.2) is 0 Å². The second-order valence-electron chi connectivity index (χ2n) is 6.57. The fourth-order valence-corrected chi connectivity index (χ4v) is 3.40. The van der Waals surface area contributed by atoms with E-state index < -0.39 is 0 Å². The molecule has 1 atom stereocenters. The molecule has 0 saturated carbocycles. The van der Waals surface area contributed by atoms with Crippen LogP contribution in [0.2, 0.25) is 0 Å². The summed E-state index contributed by atoms with van der Waals surface area (Å²) in [4.78, 5) is 24.6. The first-order valence-corrected chi connectivity index (χ1v) is 8.87. The van der Waals surface area contributed by atoms with E-state index in [1.54, 1.807) is 19.2 Å². The number of methoxy groups -OCH3 is 1. The summed E-state index contributed by atoms with van der Waals surface area (Å²) in [6, 6.07) is 14.3. The molecule has 28 heavy (non-hydrogen) atoms. The van der Waals surface area contributed by atoms with Gasteiger partial charge in [-0.25, -0.2) is 0 Å². The molecule has 2 amide bonds. The van der Waals surface area contributed by atoms with E-state index in [0.717, 1.165) is 16.9 Å². The number of hydrogen-bond donors (Lipinski definition) is 2. The minimum atomic E-state index is -0.364. The maximum absolute atomic E-state index is 12.6. The molecule has 0 fully saturated rings. The molecule has 0 spiro atoms. The first-order chi connectivity index (χ1) is 13.6. The lowest BCUT2D eigenvalue weighted by atomic mass is 10.0. The van der Waals surface area contributed by atoms with Gasteiger partial charge in [-0.15, -0.1) is 0 Å². The van der Waals surface area contributed by atoms with Crippen LogP contribution in [0.5, 0.6) is 5.75 Å². The van der Waals surface area contributed by atoms with E-state index in [0.29, 0.717) is 16.8 Å². The second kappa shape index (κ2) is 7.19. The first-order valence-electron chi connectivity index (χ1n) is 8.87. The van der Waals surface area contributed by atoms with Crippen molar-refractivity contribution < 1.29 is 18.8 Å². The van der Waals surface area contributed by atoms with Gasteiger partial charge in [-0.05, 0) is 36.2 Å². The number of nitrogens with zero attached hydrogens (tertiary/aromatic N) is 1. The van der Waals surface area contributed by atoms with Crippen molar-refractivity contribution in [3.63, 3.8) is 0 Å². The zero-order valence-corrected chi connectivity index (χ0v) is 15.5. The summed E-state index contributed by atoms with van der Waals surface area (Å²) < 4.78 is 10.5. The van der Waals surface area contributed by atoms with E-state index in [2.05, 4.69) is 15.8 Å². The highest BCUT2D eigenvalue weighted by Gasteiger charge is 2.30. The summed E-state index contributed by atoms with van der Waals surface area (Å²) in [5.74, 6) is 0.583. The van der Waals surface area contributed by atoms with Crippen molar-refractivity contribution in [1.29, 1.82) is 0 Å². The lowest BCUT2D eigenvalue weighted by Gasteiger charge is -2.11. The highest BCUT2D eigenvalue weighted by Crippen LogP contribution is 2.33. The van der Waals surface area contributed by atoms with Crippen LogP contribution in [0.1, 0.15) is 34.1 Å². The first kappa shape index (κ1) is 17.8. The van der Waals surface area contributed by atoms with Gasteiger partial charge in [-0.2, -0.15) is 0 Å². The summed E-state index contributed by atoms with van der Waals surface area (Å²) in [6.07, 6.45) is 0.102. The van der Waals surface area contributed by atoms with Gasteiger partial charge in [0.25, 0.3) is 5.91 Å². The largest absolute Gasteiger partial charge is 0.497 e. The Morgan fingerprint density at radius 2 is 1.96 bits per heavy atom. The lowest BCUT2D eigenvalue weighted by molar-refractivity contribution is -0.116. The topological polar surface area (TPSA) is 93.5 Å². The number of anilines is 1. The molecule has 1 aromatic heterocycles. The number of aryl methyl sites for hydroxylation is 1. The number of ether oxygens (including phenoxy) is 1. The number of carbonyl (C=O) groups is 2. The molecule has 7 nitrogen and oxygen atoms in total. The maximum atomic E-state index is 12.6. The molecule has 0 radical (unpaired) electrons. The number of nitrogens with one attached hydrogen (secondary N) is 2. The Morgan fingerprint density at radius 3 is 2.71 bits per heavy atom. The number of amides is 2. The van der Waals surface area contributed by atoms with Crippen LogP contribution in [0.25, 0.3) is 11.1 Å². The van der Waals surface area contributed by atoms with Crippen LogP contribution in [0.4, 0.5) is 5.88 Å². The third-order valence-corrected chi connectivity index (χ3v) is 4.77. The zero-order valence-electron chi connectivity index (χ0n) is 15.5. The van der Waals surface area contributed by atoms with Crippen LogP contribution in [-0.2, 0) is 4.79 Å². The van der Waals surface area contributed by atoms with E-state index in [1.165, 1.54) is 0 Å². The molecule has 1 aliphatic heterocycles. The Morgan fingerprint density at radius 1 is 1.21 bits per heavy atom. The number of hydrogen-bond acceptors (Lipinski definition) is 5. The predicted octanol–water partition coefficient (Wildman–Crippen LogP) is 3.47. The summed E-state index contributed by atoms with van der Waals surface area (Å²) in [7, 11) is 1.60. The van der Waals surface area contributed by atoms with E-state index in [9.17, 15) is 9.59 Å². The molecule has 2 heterocycles. The van der Waals surface area contributed by atoms with Gasteiger partial charge < -0.3 is 14.6 Å². The van der Waals surface area contributed by atoms with Crippen molar-refractivity contribution in [1.82, 2.24) is 10.5 Å². The third kappa shape index (κ3) is 3.22. The normalized spacial score (nSPS) is 15.1. The number of aromatic nitrogens is 1. The van der Waals surface area contributed by atoms with Crippen LogP contribution in [0.15, 0.2) is 53.1 Å². The molecule has 7 heteroatoms. The molecule has 4 rings (SSSR count). The van der Waals surface area contributed by atoms with E-state index >= 15 is 0 Å². The molecule has 142 valence electrons. The maximum Gasteiger partial charge on any atom is 0.252 e. The molecule has 0 saturated heterocycles. The van der Waals surface area contributed by atoms with Gasteiger partial charge in [0.2, 0.25) is 11.8 Å². The summed E-state index contributed by atoms with van der Waals surface area (Å²) >= 11 is 0. The van der Waals surface area contributed by atoms with E-state index in [-0.39, 0.29) is 30.2 Å². The Labute approximate surface area is 161 Å². The highest BCUT2D eigenvalue weighted by atomic mass is 16.5. The average Bonchev–Trinajstić information content (AvgIpc) is 3.22. The Kier molecular flexibility index (Phi) is 4.57. The lowest BCUT2D eigenvalue weighted by Crippen LogP contribution is -2.24. The zero-order chi connectivity index (χ0) is 19.7. The van der Waals surface area contributed by atoms with Crippen molar-refractivity contribution in [3.8, 4) is 16.9 Å². The molecule has 3 aromatic rings. The molecule has 1 unspecified atom stereocenters. The third-order valence-electron chi connectivity index (χ3n) is 4.77. The van der Waals surface area contributed by atoms with Gasteiger partial charge in [0.1, 0.15) is 5.75 Å². The molecule has 0 aliphatic carbocycles. The second-order valence-corrected chi connectivity index (χ2v) is 6.57. The van der Waals surface area contributed by atoms with Crippen molar-refractivity contribution >= 4 is 17.7 Å². The molecule has 2 N–H and O–H groups in total. The van der Waals surface area contributed by atoms with Gasteiger partial charge in [-0.3, -0.25) is 14.9 Å². The SMILES string of the molecule is COc1ccc(-c2c(C)noc2NC(=O)CC2NC(=O)c3ccccc32)cc1. The molecular weight excluding hydrogens is 358 g/mol. The quantitative estimate of drug-likeness (QED) is 0.710. The van der Waals surface area contributed by atoms with Gasteiger partial charge in [0, 0.05) is 5.56 Å². The monoisotopic (exact) mass is 377 g/mol. The standard InChI is InChI=1S/C21H19N3O4/c1-12-19(13-7-9-14(27-2)10-8-13)21(28-24-12)23-18(25)11-17-15-5-3-4-6-16(15)20(26)22-17/h3-10,17H,11H2,1-2H3,(H,22,26)(H,23,25).